The number of esters is 2. The van der Waals surface area contributed by atoms with Gasteiger partial charge in [0.2, 0.25) is 5.60 Å². The molecule has 0 amide bonds. The normalized spacial score (nSPS) is 52.8. The quantitative estimate of drug-likeness (QED) is 0.598. The maximum atomic E-state index is 13.1. The average Bonchev–Trinajstić information content (AvgIpc) is 3.43. The molecule has 5 fully saturated rings. The van der Waals surface area contributed by atoms with Crippen molar-refractivity contribution in [3.05, 3.63) is 0 Å². The summed E-state index contributed by atoms with van der Waals surface area (Å²) in [5.41, 5.74) is -1.13. The Labute approximate surface area is 175 Å². The van der Waals surface area contributed by atoms with Gasteiger partial charge in [0.05, 0.1) is 12.0 Å². The van der Waals surface area contributed by atoms with Crippen molar-refractivity contribution in [3.8, 4) is 0 Å². The summed E-state index contributed by atoms with van der Waals surface area (Å²) in [5, 5.41) is 0. The third kappa shape index (κ3) is 2.17. The van der Waals surface area contributed by atoms with Crippen molar-refractivity contribution in [3.63, 3.8) is 0 Å². The van der Waals surface area contributed by atoms with E-state index in [1.807, 2.05) is 20.8 Å². The van der Waals surface area contributed by atoms with Gasteiger partial charge in [-0.25, -0.2) is 4.79 Å². The maximum Gasteiger partial charge on any atom is 0.351 e. The summed E-state index contributed by atoms with van der Waals surface area (Å²) >= 11 is 0. The van der Waals surface area contributed by atoms with Crippen molar-refractivity contribution in [2.24, 2.45) is 44.8 Å². The summed E-state index contributed by atoms with van der Waals surface area (Å²) < 4.78 is 11.6. The highest BCUT2D eigenvalue weighted by molar-refractivity contribution is 5.93. The number of ether oxygens (including phenoxy) is 2. The molecule has 1 heterocycles. The minimum absolute atomic E-state index is 0.0880. The fourth-order valence-corrected chi connectivity index (χ4v) is 7.52. The lowest BCUT2D eigenvalue weighted by Crippen LogP contribution is -2.49. The number of hydrogen-bond donors (Lipinski definition) is 0. The molecule has 0 radical (unpaired) electrons. The first-order valence-electron chi connectivity index (χ1n) is 11.6. The maximum absolute atomic E-state index is 13.1. The molecule has 7 atom stereocenters. The minimum Gasteiger partial charge on any atom is -0.462 e. The van der Waals surface area contributed by atoms with E-state index < -0.39 is 16.4 Å². The van der Waals surface area contributed by atoms with Gasteiger partial charge in [0.15, 0.2) is 0 Å². The molecular formula is C25H38O4. The van der Waals surface area contributed by atoms with E-state index >= 15 is 0 Å². The molecule has 4 saturated carbocycles. The van der Waals surface area contributed by atoms with Crippen LogP contribution in [-0.4, -0.2) is 24.1 Å². The van der Waals surface area contributed by atoms with Gasteiger partial charge >= 0.3 is 11.9 Å². The molecule has 0 N–H and O–H groups in total. The fourth-order valence-electron chi connectivity index (χ4n) is 7.52. The molecule has 5 aliphatic rings. The number of rotatable bonds is 5. The second-order valence-electron chi connectivity index (χ2n) is 13.0. The average molecular weight is 403 g/mol. The molecular weight excluding hydrogens is 364 g/mol. The van der Waals surface area contributed by atoms with Crippen LogP contribution in [0.1, 0.15) is 87.0 Å². The van der Waals surface area contributed by atoms with Gasteiger partial charge in [0, 0.05) is 10.8 Å². The molecule has 162 valence electrons. The smallest absolute Gasteiger partial charge is 0.351 e. The first kappa shape index (κ1) is 19.9. The van der Waals surface area contributed by atoms with Gasteiger partial charge in [0.25, 0.3) is 0 Å². The van der Waals surface area contributed by atoms with E-state index in [1.165, 1.54) is 19.3 Å². The van der Waals surface area contributed by atoms with Gasteiger partial charge in [0.1, 0.15) is 0 Å². The number of hydrogen-bond acceptors (Lipinski definition) is 4. The highest BCUT2D eigenvalue weighted by atomic mass is 16.6. The molecule has 5 rings (SSSR count). The van der Waals surface area contributed by atoms with Crippen LogP contribution in [0.3, 0.4) is 0 Å². The van der Waals surface area contributed by atoms with Gasteiger partial charge < -0.3 is 9.47 Å². The van der Waals surface area contributed by atoms with Crippen LogP contribution in [0.4, 0.5) is 0 Å². The van der Waals surface area contributed by atoms with Crippen molar-refractivity contribution in [2.45, 2.75) is 92.6 Å². The van der Waals surface area contributed by atoms with E-state index in [1.54, 1.807) is 0 Å². The van der Waals surface area contributed by atoms with Crippen molar-refractivity contribution >= 4 is 11.9 Å². The summed E-state index contributed by atoms with van der Waals surface area (Å²) in [4.78, 5) is 25.6. The van der Waals surface area contributed by atoms with E-state index in [0.717, 1.165) is 18.3 Å². The predicted octanol–water partition coefficient (Wildman–Crippen LogP) is 5.14. The molecule has 0 aromatic heterocycles. The topological polar surface area (TPSA) is 52.6 Å². The summed E-state index contributed by atoms with van der Waals surface area (Å²) in [6.07, 6.45) is 6.47. The Morgan fingerprint density at radius 2 is 1.72 bits per heavy atom. The lowest BCUT2D eigenvalue weighted by Gasteiger charge is -2.36. The molecule has 0 unspecified atom stereocenters. The zero-order valence-corrected chi connectivity index (χ0v) is 19.3. The molecule has 4 aliphatic carbocycles. The lowest BCUT2D eigenvalue weighted by molar-refractivity contribution is -0.184. The van der Waals surface area contributed by atoms with E-state index in [9.17, 15) is 9.59 Å². The Morgan fingerprint density at radius 1 is 1.03 bits per heavy atom. The van der Waals surface area contributed by atoms with Crippen LogP contribution in [0.15, 0.2) is 0 Å². The van der Waals surface area contributed by atoms with Crippen LogP contribution in [0, 0.1) is 44.8 Å². The third-order valence-corrected chi connectivity index (χ3v) is 11.5. The Kier molecular flexibility index (Phi) is 3.58. The Balaban J connectivity index is 1.21. The molecule has 1 aliphatic heterocycles. The number of carbonyl (C=O) groups is 2. The number of carbonyl (C=O) groups excluding carboxylic acids is 2. The first-order valence-corrected chi connectivity index (χ1v) is 11.6. The standard InChI is InChI=1S/C25H38O4/c1-20(2)15(11-17-13-24(17,20)7)10-16-12-22(16,5)14-28-19(27)25-9-8-23(6,18(26)29-25)21(25,3)4/h15-17H,8-14H2,1-7H3/t15-,16-,17+,22+,23-,24-,25+/m0/s1. The van der Waals surface area contributed by atoms with Crippen LogP contribution in [0.25, 0.3) is 0 Å². The molecule has 2 bridgehead atoms. The predicted molar refractivity (Wildman–Crippen MR) is 110 cm³/mol. The van der Waals surface area contributed by atoms with Gasteiger partial charge in [-0.2, -0.15) is 0 Å². The van der Waals surface area contributed by atoms with Gasteiger partial charge in [-0.05, 0) is 74.0 Å². The Morgan fingerprint density at radius 3 is 2.24 bits per heavy atom. The highest BCUT2D eigenvalue weighted by Gasteiger charge is 2.76. The van der Waals surface area contributed by atoms with Crippen LogP contribution < -0.4 is 0 Å². The van der Waals surface area contributed by atoms with Crippen LogP contribution in [0.2, 0.25) is 0 Å². The number of fused-ring (bicyclic) bond motifs is 3. The van der Waals surface area contributed by atoms with Crippen LogP contribution in [-0.2, 0) is 19.1 Å². The zero-order chi connectivity index (χ0) is 21.3. The molecule has 4 nitrogen and oxygen atoms in total. The van der Waals surface area contributed by atoms with Gasteiger partial charge in [-0.15, -0.1) is 0 Å². The molecule has 0 aromatic carbocycles. The molecule has 0 aromatic rings. The van der Waals surface area contributed by atoms with E-state index in [-0.39, 0.29) is 17.4 Å². The van der Waals surface area contributed by atoms with Gasteiger partial charge in [-0.1, -0.05) is 41.5 Å². The monoisotopic (exact) mass is 402 g/mol. The second kappa shape index (κ2) is 5.22. The van der Waals surface area contributed by atoms with Crippen molar-refractivity contribution in [2.75, 3.05) is 6.61 Å². The van der Waals surface area contributed by atoms with Crippen molar-refractivity contribution in [1.29, 1.82) is 0 Å². The zero-order valence-electron chi connectivity index (χ0n) is 19.3. The van der Waals surface area contributed by atoms with Crippen LogP contribution in [0.5, 0.6) is 0 Å². The molecule has 4 heteroatoms. The Hall–Kier alpha value is -1.06. The van der Waals surface area contributed by atoms with E-state index in [0.29, 0.717) is 36.2 Å². The van der Waals surface area contributed by atoms with Gasteiger partial charge in [-0.3, -0.25) is 4.79 Å². The largest absolute Gasteiger partial charge is 0.462 e. The van der Waals surface area contributed by atoms with E-state index in [2.05, 4.69) is 27.7 Å². The minimum atomic E-state index is -1.09. The lowest BCUT2D eigenvalue weighted by atomic mass is 9.66. The third-order valence-electron chi connectivity index (χ3n) is 11.5. The molecule has 0 spiro atoms. The summed E-state index contributed by atoms with van der Waals surface area (Å²) in [6, 6.07) is 0. The van der Waals surface area contributed by atoms with Crippen molar-refractivity contribution < 1.29 is 19.1 Å². The summed E-state index contributed by atoms with van der Waals surface area (Å²) in [6.45, 7) is 16.0. The SMILES string of the molecule is CC1(C)[C@@H](C[C@H]2C[C@]2(C)COC(=O)[C@@]23CC[C@@](C)(C(=O)O2)C3(C)C)C[C@@H]2C[C@@]21C. The molecule has 29 heavy (non-hydrogen) atoms. The van der Waals surface area contributed by atoms with E-state index in [4.69, 9.17) is 9.47 Å². The summed E-state index contributed by atoms with van der Waals surface area (Å²) in [5.74, 6) is 1.81. The first-order chi connectivity index (χ1) is 13.2. The Bertz CT molecular complexity index is 799. The highest BCUT2D eigenvalue weighted by Crippen LogP contribution is 2.76. The molecule has 1 saturated heterocycles. The fraction of sp³-hybridized carbons (Fsp3) is 0.920. The van der Waals surface area contributed by atoms with Crippen molar-refractivity contribution in [1.82, 2.24) is 0 Å². The summed E-state index contributed by atoms with van der Waals surface area (Å²) in [7, 11) is 0. The second-order valence-corrected chi connectivity index (χ2v) is 13.0. The van der Waals surface area contributed by atoms with Crippen LogP contribution >= 0.6 is 0 Å².